The molecule has 17 heavy (non-hydrogen) atoms. The van der Waals surface area contributed by atoms with Crippen LogP contribution in [0.2, 0.25) is 0 Å². The van der Waals surface area contributed by atoms with Crippen LogP contribution in [0.4, 0.5) is 0 Å². The van der Waals surface area contributed by atoms with Crippen LogP contribution in [0, 0.1) is 5.92 Å². The molecule has 0 radical (unpaired) electrons. The predicted octanol–water partition coefficient (Wildman–Crippen LogP) is 0.873. The summed E-state index contributed by atoms with van der Waals surface area (Å²) in [7, 11) is 3.29. The minimum atomic E-state index is -0.211. The summed E-state index contributed by atoms with van der Waals surface area (Å²) < 4.78 is 10.1. The standard InChI is InChI=1S/C11H19N3O3/c1-5-9-12-13-10(17-9)7-14(3)6-8(2)11(15)16-4/h8H,5-7H2,1-4H3. The zero-order valence-electron chi connectivity index (χ0n) is 10.8. The Hall–Kier alpha value is -1.43. The van der Waals surface area contributed by atoms with E-state index in [4.69, 9.17) is 4.42 Å². The molecule has 0 N–H and O–H groups in total. The number of rotatable bonds is 6. The van der Waals surface area contributed by atoms with Crippen molar-refractivity contribution < 1.29 is 13.9 Å². The zero-order valence-corrected chi connectivity index (χ0v) is 10.8. The van der Waals surface area contributed by atoms with Gasteiger partial charge in [-0.05, 0) is 7.05 Å². The molecule has 1 aromatic heterocycles. The summed E-state index contributed by atoms with van der Waals surface area (Å²) in [5.74, 6) is 0.825. The van der Waals surface area contributed by atoms with Crippen molar-refractivity contribution >= 4 is 5.97 Å². The predicted molar refractivity (Wildman–Crippen MR) is 61.2 cm³/mol. The van der Waals surface area contributed by atoms with E-state index >= 15 is 0 Å². The van der Waals surface area contributed by atoms with Gasteiger partial charge < -0.3 is 9.15 Å². The van der Waals surface area contributed by atoms with Crippen molar-refractivity contribution in [3.05, 3.63) is 11.8 Å². The molecule has 0 bridgehead atoms. The highest BCUT2D eigenvalue weighted by atomic mass is 16.5. The molecule has 1 unspecified atom stereocenters. The van der Waals surface area contributed by atoms with Gasteiger partial charge in [-0.2, -0.15) is 0 Å². The summed E-state index contributed by atoms with van der Waals surface area (Å²) in [6.07, 6.45) is 0.731. The van der Waals surface area contributed by atoms with Crippen LogP contribution in [0.25, 0.3) is 0 Å². The third-order valence-electron chi connectivity index (χ3n) is 2.41. The average Bonchev–Trinajstić information content (AvgIpc) is 2.75. The van der Waals surface area contributed by atoms with Gasteiger partial charge in [-0.15, -0.1) is 10.2 Å². The van der Waals surface area contributed by atoms with Gasteiger partial charge in [-0.1, -0.05) is 13.8 Å². The monoisotopic (exact) mass is 241 g/mol. The molecule has 0 saturated carbocycles. The van der Waals surface area contributed by atoms with E-state index in [1.807, 2.05) is 25.8 Å². The van der Waals surface area contributed by atoms with Crippen LogP contribution < -0.4 is 0 Å². The van der Waals surface area contributed by atoms with E-state index in [1.165, 1.54) is 7.11 Å². The van der Waals surface area contributed by atoms with Gasteiger partial charge in [0, 0.05) is 13.0 Å². The highest BCUT2D eigenvalue weighted by molar-refractivity contribution is 5.71. The van der Waals surface area contributed by atoms with Crippen LogP contribution in [0.5, 0.6) is 0 Å². The third kappa shape index (κ3) is 4.14. The van der Waals surface area contributed by atoms with Gasteiger partial charge in [0.1, 0.15) is 0 Å². The Balaban J connectivity index is 2.43. The summed E-state index contributed by atoms with van der Waals surface area (Å²) in [5.41, 5.74) is 0. The molecule has 0 saturated heterocycles. The van der Waals surface area contributed by atoms with E-state index in [0.29, 0.717) is 24.9 Å². The highest BCUT2D eigenvalue weighted by Crippen LogP contribution is 2.06. The number of esters is 1. The van der Waals surface area contributed by atoms with Crippen molar-refractivity contribution in [3.8, 4) is 0 Å². The van der Waals surface area contributed by atoms with E-state index in [-0.39, 0.29) is 11.9 Å². The number of aryl methyl sites for hydroxylation is 1. The van der Waals surface area contributed by atoms with E-state index in [2.05, 4.69) is 14.9 Å². The first-order chi connectivity index (χ1) is 8.06. The van der Waals surface area contributed by atoms with Gasteiger partial charge in [0.25, 0.3) is 0 Å². The number of hydrogen-bond acceptors (Lipinski definition) is 6. The molecule has 1 rings (SSSR count). The van der Waals surface area contributed by atoms with E-state index in [9.17, 15) is 4.79 Å². The van der Waals surface area contributed by atoms with E-state index < -0.39 is 0 Å². The maximum atomic E-state index is 11.2. The largest absolute Gasteiger partial charge is 0.469 e. The molecular formula is C11H19N3O3. The van der Waals surface area contributed by atoms with Crippen molar-refractivity contribution in [3.63, 3.8) is 0 Å². The third-order valence-corrected chi connectivity index (χ3v) is 2.41. The number of aromatic nitrogens is 2. The van der Waals surface area contributed by atoms with Crippen molar-refractivity contribution in [1.29, 1.82) is 0 Å². The Labute approximate surface area is 101 Å². The molecule has 0 spiro atoms. The van der Waals surface area contributed by atoms with Crippen LogP contribution in [0.1, 0.15) is 25.6 Å². The molecular weight excluding hydrogens is 222 g/mol. The Bertz CT molecular complexity index is 365. The number of carbonyl (C=O) groups excluding carboxylic acids is 1. The lowest BCUT2D eigenvalue weighted by Crippen LogP contribution is -2.29. The number of methoxy groups -OCH3 is 1. The number of hydrogen-bond donors (Lipinski definition) is 0. The Morgan fingerprint density at radius 2 is 2.12 bits per heavy atom. The molecule has 0 aliphatic rings. The van der Waals surface area contributed by atoms with Crippen molar-refractivity contribution in [2.75, 3.05) is 20.7 Å². The summed E-state index contributed by atoms with van der Waals surface area (Å²) in [6.45, 7) is 4.92. The Kier molecular flexibility index (Phi) is 5.09. The molecule has 1 aromatic rings. The first-order valence-electron chi connectivity index (χ1n) is 5.64. The molecule has 0 aliphatic heterocycles. The van der Waals surface area contributed by atoms with Gasteiger partial charge in [-0.25, -0.2) is 0 Å². The normalized spacial score (nSPS) is 12.8. The molecule has 1 atom stereocenters. The zero-order chi connectivity index (χ0) is 12.8. The summed E-state index contributed by atoms with van der Waals surface area (Å²) >= 11 is 0. The second-order valence-electron chi connectivity index (χ2n) is 4.06. The molecule has 1 heterocycles. The molecule has 0 amide bonds. The average molecular weight is 241 g/mol. The van der Waals surface area contributed by atoms with Crippen molar-refractivity contribution in [2.45, 2.75) is 26.8 Å². The lowest BCUT2D eigenvalue weighted by Gasteiger charge is -2.17. The quantitative estimate of drug-likeness (QED) is 0.688. The van der Waals surface area contributed by atoms with Gasteiger partial charge in [0.05, 0.1) is 19.6 Å². The Morgan fingerprint density at radius 3 is 2.65 bits per heavy atom. The SMILES string of the molecule is CCc1nnc(CN(C)CC(C)C(=O)OC)o1. The molecule has 96 valence electrons. The molecule has 6 nitrogen and oxygen atoms in total. The van der Waals surface area contributed by atoms with Crippen molar-refractivity contribution in [1.82, 2.24) is 15.1 Å². The minimum absolute atomic E-state index is 0.168. The van der Waals surface area contributed by atoms with Crippen molar-refractivity contribution in [2.24, 2.45) is 5.92 Å². The van der Waals surface area contributed by atoms with Crippen LogP contribution in [-0.2, 0) is 22.5 Å². The summed E-state index contributed by atoms with van der Waals surface area (Å²) in [6, 6.07) is 0. The fourth-order valence-electron chi connectivity index (χ4n) is 1.53. The fraction of sp³-hybridized carbons (Fsp3) is 0.727. The lowest BCUT2D eigenvalue weighted by molar-refractivity contribution is -0.145. The molecule has 0 fully saturated rings. The fourth-order valence-corrected chi connectivity index (χ4v) is 1.53. The molecule has 0 aliphatic carbocycles. The second-order valence-corrected chi connectivity index (χ2v) is 4.06. The van der Waals surface area contributed by atoms with Crippen LogP contribution in [0.3, 0.4) is 0 Å². The second kappa shape index (κ2) is 6.34. The maximum absolute atomic E-state index is 11.2. The summed E-state index contributed by atoms with van der Waals surface area (Å²) in [5, 5.41) is 7.81. The molecule has 6 heteroatoms. The van der Waals surface area contributed by atoms with Gasteiger partial charge in [0.15, 0.2) is 0 Å². The number of ether oxygens (including phenoxy) is 1. The smallest absolute Gasteiger partial charge is 0.309 e. The van der Waals surface area contributed by atoms with Gasteiger partial charge >= 0.3 is 5.97 Å². The molecule has 0 aromatic carbocycles. The van der Waals surface area contributed by atoms with Gasteiger partial charge in [-0.3, -0.25) is 9.69 Å². The maximum Gasteiger partial charge on any atom is 0.309 e. The topological polar surface area (TPSA) is 68.5 Å². The van der Waals surface area contributed by atoms with E-state index in [1.54, 1.807) is 0 Å². The lowest BCUT2D eigenvalue weighted by atomic mass is 10.2. The van der Waals surface area contributed by atoms with Crippen LogP contribution >= 0.6 is 0 Å². The summed E-state index contributed by atoms with van der Waals surface area (Å²) in [4.78, 5) is 13.2. The first-order valence-corrected chi connectivity index (χ1v) is 5.64. The van der Waals surface area contributed by atoms with Crippen LogP contribution in [-0.4, -0.2) is 41.8 Å². The Morgan fingerprint density at radius 1 is 1.47 bits per heavy atom. The van der Waals surface area contributed by atoms with Crippen LogP contribution in [0.15, 0.2) is 4.42 Å². The number of nitrogens with zero attached hydrogens (tertiary/aromatic N) is 3. The minimum Gasteiger partial charge on any atom is -0.469 e. The van der Waals surface area contributed by atoms with E-state index in [0.717, 1.165) is 6.42 Å². The van der Waals surface area contributed by atoms with Gasteiger partial charge in [0.2, 0.25) is 11.8 Å². The number of carbonyl (C=O) groups is 1. The first kappa shape index (κ1) is 13.6. The highest BCUT2D eigenvalue weighted by Gasteiger charge is 2.16.